The van der Waals surface area contributed by atoms with Crippen molar-refractivity contribution >= 4 is 54.8 Å². The van der Waals surface area contributed by atoms with Crippen LogP contribution in [0.4, 0.5) is 0 Å². The van der Waals surface area contributed by atoms with Gasteiger partial charge in [0.05, 0.1) is 21.6 Å². The molecule has 0 aliphatic carbocycles. The number of ether oxygens (including phenoxy) is 1. The van der Waals surface area contributed by atoms with Crippen LogP contribution >= 0.6 is 43.5 Å². The Bertz CT molecular complexity index is 1380. The second kappa shape index (κ2) is 13.1. The quantitative estimate of drug-likeness (QED) is 0.114. The molecule has 0 radical (unpaired) electrons. The van der Waals surface area contributed by atoms with Crippen LogP contribution < -0.4 is 4.74 Å². The number of fused-ring (bicyclic) bond motifs is 1. The van der Waals surface area contributed by atoms with Crippen molar-refractivity contribution < 1.29 is 9.53 Å². The second-order valence-electron chi connectivity index (χ2n) is 9.02. The Morgan fingerprint density at radius 1 is 0.973 bits per heavy atom. The molecule has 0 aliphatic rings. The molecule has 2 aromatic carbocycles. The van der Waals surface area contributed by atoms with E-state index in [1.165, 1.54) is 0 Å². The van der Waals surface area contributed by atoms with Crippen LogP contribution in [-0.4, -0.2) is 41.3 Å². The first kappa shape index (κ1) is 27.9. The SMILES string of the molecule is CCCN(CCC)CCCOc1ccc(C(=O)c2c(-c3cccc(Br)c3)c(Br)c3ccccn23)cc1Cl. The molecule has 0 unspecified atom stereocenters. The molecule has 0 amide bonds. The lowest BCUT2D eigenvalue weighted by Gasteiger charge is -2.20. The van der Waals surface area contributed by atoms with Crippen LogP contribution in [-0.2, 0) is 0 Å². The summed E-state index contributed by atoms with van der Waals surface area (Å²) in [6, 6.07) is 19.1. The fourth-order valence-corrected chi connectivity index (χ4v) is 6.01. The molecule has 37 heavy (non-hydrogen) atoms. The standard InChI is InChI=1S/C30H31Br2ClN2O2/c1-3-14-34(15-4-2)16-8-18-37-26-13-12-22(20-24(26)33)30(36)29-27(21-9-7-10-23(31)19-21)28(32)25-11-5-6-17-35(25)29/h5-7,9-13,17,19-20H,3-4,8,14-16,18H2,1-2H3. The molecule has 0 atom stereocenters. The minimum Gasteiger partial charge on any atom is -0.492 e. The topological polar surface area (TPSA) is 34.0 Å². The van der Waals surface area contributed by atoms with Gasteiger partial charge in [0.2, 0.25) is 5.78 Å². The number of nitrogens with zero attached hydrogens (tertiary/aromatic N) is 2. The first-order chi connectivity index (χ1) is 17.9. The molecule has 2 aromatic heterocycles. The first-order valence-electron chi connectivity index (χ1n) is 12.7. The summed E-state index contributed by atoms with van der Waals surface area (Å²) in [6.07, 6.45) is 5.14. The Hall–Kier alpha value is -2.12. The second-order valence-corrected chi connectivity index (χ2v) is 11.1. The molecule has 0 spiro atoms. The Balaban J connectivity index is 1.58. The molecular weight excluding hydrogens is 616 g/mol. The Morgan fingerprint density at radius 2 is 1.76 bits per heavy atom. The van der Waals surface area contributed by atoms with Gasteiger partial charge in [-0.15, -0.1) is 0 Å². The molecule has 0 bridgehead atoms. The summed E-state index contributed by atoms with van der Waals surface area (Å²) in [4.78, 5) is 16.4. The van der Waals surface area contributed by atoms with Crippen molar-refractivity contribution in [3.8, 4) is 16.9 Å². The van der Waals surface area contributed by atoms with E-state index in [0.29, 0.717) is 28.6 Å². The maximum absolute atomic E-state index is 13.9. The molecule has 4 aromatic rings. The number of ketones is 1. The molecule has 2 heterocycles. The molecule has 0 N–H and O–H groups in total. The largest absolute Gasteiger partial charge is 0.492 e. The third-order valence-electron chi connectivity index (χ3n) is 6.26. The number of carbonyl (C=O) groups excluding carboxylic acids is 1. The normalized spacial score (nSPS) is 11.4. The van der Waals surface area contributed by atoms with Crippen molar-refractivity contribution in [2.45, 2.75) is 33.1 Å². The van der Waals surface area contributed by atoms with Crippen LogP contribution in [0.1, 0.15) is 49.2 Å². The molecule has 0 saturated heterocycles. The number of carbonyl (C=O) groups is 1. The number of halogens is 3. The van der Waals surface area contributed by atoms with Gasteiger partial charge >= 0.3 is 0 Å². The maximum atomic E-state index is 13.9. The summed E-state index contributed by atoms with van der Waals surface area (Å²) in [5, 5.41) is 0.439. The monoisotopic (exact) mass is 644 g/mol. The van der Waals surface area contributed by atoms with E-state index >= 15 is 0 Å². The highest BCUT2D eigenvalue weighted by Gasteiger charge is 2.25. The van der Waals surface area contributed by atoms with E-state index in [4.69, 9.17) is 16.3 Å². The minimum absolute atomic E-state index is 0.106. The molecule has 0 saturated carbocycles. The third kappa shape index (κ3) is 6.48. The highest BCUT2D eigenvalue weighted by Crippen LogP contribution is 2.39. The van der Waals surface area contributed by atoms with Gasteiger partial charge in [-0.25, -0.2) is 0 Å². The van der Waals surface area contributed by atoms with E-state index in [9.17, 15) is 4.79 Å². The number of pyridine rings is 1. The smallest absolute Gasteiger partial charge is 0.210 e. The van der Waals surface area contributed by atoms with Crippen LogP contribution in [0.15, 0.2) is 75.8 Å². The first-order valence-corrected chi connectivity index (χ1v) is 14.6. The van der Waals surface area contributed by atoms with E-state index in [1.54, 1.807) is 18.2 Å². The third-order valence-corrected chi connectivity index (χ3v) is 7.85. The van der Waals surface area contributed by atoms with E-state index in [-0.39, 0.29) is 5.78 Å². The van der Waals surface area contributed by atoms with Gasteiger partial charge in [0.15, 0.2) is 0 Å². The lowest BCUT2D eigenvalue weighted by molar-refractivity contribution is 0.103. The van der Waals surface area contributed by atoms with Crippen molar-refractivity contribution in [1.82, 2.24) is 9.30 Å². The Kier molecular flexibility index (Phi) is 9.88. The van der Waals surface area contributed by atoms with Crippen molar-refractivity contribution in [2.75, 3.05) is 26.2 Å². The molecule has 4 rings (SSSR count). The Labute approximate surface area is 240 Å². The maximum Gasteiger partial charge on any atom is 0.210 e. The van der Waals surface area contributed by atoms with Crippen molar-refractivity contribution in [2.24, 2.45) is 0 Å². The van der Waals surface area contributed by atoms with Gasteiger partial charge < -0.3 is 14.0 Å². The van der Waals surface area contributed by atoms with Crippen molar-refractivity contribution in [3.05, 3.63) is 92.1 Å². The van der Waals surface area contributed by atoms with Gasteiger partial charge in [-0.2, -0.15) is 0 Å². The van der Waals surface area contributed by atoms with Gasteiger partial charge in [-0.1, -0.05) is 59.6 Å². The van der Waals surface area contributed by atoms with Gasteiger partial charge in [0, 0.05) is 28.3 Å². The van der Waals surface area contributed by atoms with Gasteiger partial charge in [0.25, 0.3) is 0 Å². The van der Waals surface area contributed by atoms with Crippen LogP contribution in [0.25, 0.3) is 16.6 Å². The van der Waals surface area contributed by atoms with Gasteiger partial charge in [-0.3, -0.25) is 4.79 Å². The van der Waals surface area contributed by atoms with Crippen molar-refractivity contribution in [3.63, 3.8) is 0 Å². The molecule has 194 valence electrons. The van der Waals surface area contributed by atoms with Crippen LogP contribution in [0.2, 0.25) is 5.02 Å². The number of hydrogen-bond acceptors (Lipinski definition) is 3. The van der Waals surface area contributed by atoms with Gasteiger partial charge in [0.1, 0.15) is 11.4 Å². The fourth-order valence-electron chi connectivity index (χ4n) is 4.63. The summed E-state index contributed by atoms with van der Waals surface area (Å²) < 4.78 is 9.73. The summed E-state index contributed by atoms with van der Waals surface area (Å²) >= 11 is 13.9. The van der Waals surface area contributed by atoms with Gasteiger partial charge in [-0.05, 0) is 96.3 Å². The average molecular weight is 647 g/mol. The molecule has 0 fully saturated rings. The summed E-state index contributed by atoms with van der Waals surface area (Å²) in [7, 11) is 0. The zero-order valence-corrected chi connectivity index (χ0v) is 25.1. The number of rotatable bonds is 12. The predicted molar refractivity (Wildman–Crippen MR) is 160 cm³/mol. The summed E-state index contributed by atoms with van der Waals surface area (Å²) in [5.74, 6) is 0.495. The lowest BCUT2D eigenvalue weighted by Crippen LogP contribution is -2.27. The van der Waals surface area contributed by atoms with Crippen LogP contribution in [0.5, 0.6) is 5.75 Å². The molecule has 7 heteroatoms. The zero-order valence-electron chi connectivity index (χ0n) is 21.1. The average Bonchev–Trinajstić information content (AvgIpc) is 3.19. The fraction of sp³-hybridized carbons (Fsp3) is 0.300. The highest BCUT2D eigenvalue weighted by molar-refractivity contribution is 9.11. The minimum atomic E-state index is -0.106. The lowest BCUT2D eigenvalue weighted by atomic mass is 10.00. The van der Waals surface area contributed by atoms with E-state index in [0.717, 1.165) is 64.5 Å². The summed E-state index contributed by atoms with van der Waals surface area (Å²) in [5.41, 5.74) is 3.81. The molecular formula is C30H31Br2ClN2O2. The van der Waals surface area contributed by atoms with E-state index in [2.05, 4.69) is 50.6 Å². The summed E-state index contributed by atoms with van der Waals surface area (Å²) in [6.45, 7) is 8.22. The molecule has 0 aliphatic heterocycles. The highest BCUT2D eigenvalue weighted by atomic mass is 79.9. The van der Waals surface area contributed by atoms with Crippen LogP contribution in [0.3, 0.4) is 0 Å². The Morgan fingerprint density at radius 3 is 2.46 bits per heavy atom. The van der Waals surface area contributed by atoms with Crippen molar-refractivity contribution in [1.29, 1.82) is 0 Å². The van der Waals surface area contributed by atoms with E-state index in [1.807, 2.05) is 53.1 Å². The number of aromatic nitrogens is 1. The van der Waals surface area contributed by atoms with Crippen LogP contribution in [0, 0.1) is 0 Å². The number of benzene rings is 2. The zero-order chi connectivity index (χ0) is 26.4. The molecule has 4 nitrogen and oxygen atoms in total. The number of hydrogen-bond donors (Lipinski definition) is 0. The predicted octanol–water partition coefficient (Wildman–Crippen LogP) is 8.91. The van der Waals surface area contributed by atoms with E-state index < -0.39 is 0 Å².